The van der Waals surface area contributed by atoms with Crippen LogP contribution < -0.4 is 0 Å². The van der Waals surface area contributed by atoms with E-state index in [0.29, 0.717) is 38.0 Å². The number of alkyl halides is 3. The fourth-order valence-corrected chi connectivity index (χ4v) is 6.05. The van der Waals surface area contributed by atoms with Gasteiger partial charge >= 0.3 is 13.8 Å². The van der Waals surface area contributed by atoms with Crippen LogP contribution in [-0.2, 0) is 9.09 Å². The lowest BCUT2D eigenvalue weighted by Crippen LogP contribution is -2.42. The summed E-state index contributed by atoms with van der Waals surface area (Å²) in [4.78, 5) is 0. The molecule has 8 heteroatoms. The highest BCUT2D eigenvalue weighted by Crippen LogP contribution is 2.57. The maximum atomic E-state index is 13.4. The number of rotatable bonds is 4. The summed E-state index contributed by atoms with van der Waals surface area (Å²) in [5, 5.41) is 0. The van der Waals surface area contributed by atoms with Crippen molar-refractivity contribution in [2.24, 2.45) is 11.8 Å². The standard InChI is InChI=1S/C14H26F3N2O2P/c1-12-5-3-7-18(9-12)22(20,21-11-14(15,16)17)19-8-4-6-13(2)10-19/h12-13H,3-11H2,1-2H3. The third kappa shape index (κ3) is 4.70. The molecule has 0 radical (unpaired) electrons. The second kappa shape index (κ2) is 7.20. The van der Waals surface area contributed by atoms with Gasteiger partial charge in [0.25, 0.3) is 0 Å². The molecule has 2 unspecified atom stereocenters. The molecule has 0 bridgehead atoms. The monoisotopic (exact) mass is 342 g/mol. The van der Waals surface area contributed by atoms with Gasteiger partial charge in [0.05, 0.1) is 0 Å². The Morgan fingerprint density at radius 2 is 1.50 bits per heavy atom. The van der Waals surface area contributed by atoms with E-state index in [9.17, 15) is 17.7 Å². The molecule has 0 spiro atoms. The number of piperidine rings is 2. The molecule has 2 aliphatic rings. The van der Waals surface area contributed by atoms with Crippen molar-refractivity contribution in [1.82, 2.24) is 9.34 Å². The first kappa shape index (κ1) is 18.2. The van der Waals surface area contributed by atoms with Gasteiger partial charge in [0.1, 0.15) is 0 Å². The van der Waals surface area contributed by atoms with Crippen molar-refractivity contribution in [2.45, 2.75) is 45.7 Å². The van der Waals surface area contributed by atoms with Crippen molar-refractivity contribution in [3.8, 4) is 0 Å². The molecule has 22 heavy (non-hydrogen) atoms. The highest BCUT2D eigenvalue weighted by atomic mass is 31.2. The zero-order valence-corrected chi connectivity index (χ0v) is 14.2. The fourth-order valence-electron chi connectivity index (χ4n) is 3.29. The topological polar surface area (TPSA) is 32.8 Å². The van der Waals surface area contributed by atoms with E-state index in [1.165, 1.54) is 0 Å². The second-order valence-electron chi connectivity index (χ2n) is 6.70. The van der Waals surface area contributed by atoms with Crippen molar-refractivity contribution in [3.63, 3.8) is 0 Å². The lowest BCUT2D eigenvalue weighted by Gasteiger charge is -2.43. The molecule has 0 aromatic carbocycles. The van der Waals surface area contributed by atoms with Crippen LogP contribution in [0.5, 0.6) is 0 Å². The average Bonchev–Trinajstić information content (AvgIpc) is 2.44. The first-order chi connectivity index (χ1) is 10.2. The van der Waals surface area contributed by atoms with Gasteiger partial charge in [-0.3, -0.25) is 9.09 Å². The molecule has 0 aromatic heterocycles. The summed E-state index contributed by atoms with van der Waals surface area (Å²) in [5.74, 6) is 0.664. The minimum absolute atomic E-state index is 0.332. The van der Waals surface area contributed by atoms with Gasteiger partial charge in [0.15, 0.2) is 6.61 Å². The SMILES string of the molecule is CC1CCCN(P(=O)(OCC(F)(F)F)N2CCCC(C)C2)C1. The van der Waals surface area contributed by atoms with E-state index in [-0.39, 0.29) is 0 Å². The summed E-state index contributed by atoms with van der Waals surface area (Å²) in [7, 11) is -3.59. The van der Waals surface area contributed by atoms with E-state index in [2.05, 4.69) is 0 Å². The molecule has 4 nitrogen and oxygen atoms in total. The summed E-state index contributed by atoms with van der Waals surface area (Å²) < 4.78 is 59.6. The third-order valence-electron chi connectivity index (χ3n) is 4.38. The Morgan fingerprint density at radius 3 is 1.86 bits per heavy atom. The van der Waals surface area contributed by atoms with Gasteiger partial charge in [-0.15, -0.1) is 0 Å². The molecule has 2 atom stereocenters. The first-order valence-electron chi connectivity index (χ1n) is 8.03. The number of hydrogen-bond acceptors (Lipinski definition) is 2. The van der Waals surface area contributed by atoms with E-state index in [0.717, 1.165) is 25.7 Å². The maximum Gasteiger partial charge on any atom is 0.412 e. The molecule has 0 saturated carbocycles. The average molecular weight is 342 g/mol. The van der Waals surface area contributed by atoms with E-state index < -0.39 is 20.5 Å². The number of hydrogen-bond donors (Lipinski definition) is 0. The van der Waals surface area contributed by atoms with Crippen molar-refractivity contribution in [2.75, 3.05) is 32.8 Å². The molecule has 0 N–H and O–H groups in total. The van der Waals surface area contributed by atoms with Crippen LogP contribution in [-0.4, -0.2) is 48.3 Å². The molecule has 130 valence electrons. The highest BCUT2D eigenvalue weighted by molar-refractivity contribution is 7.54. The summed E-state index contributed by atoms with van der Waals surface area (Å²) in [5.41, 5.74) is 0. The van der Waals surface area contributed by atoms with Gasteiger partial charge in [-0.05, 0) is 37.5 Å². The molecule has 2 rings (SSSR count). The minimum atomic E-state index is -4.46. The Kier molecular flexibility index (Phi) is 5.97. The summed E-state index contributed by atoms with van der Waals surface area (Å²) in [6, 6.07) is 0. The predicted octanol–water partition coefficient (Wildman–Crippen LogP) is 4.14. The Balaban J connectivity index is 2.16. The molecule has 0 amide bonds. The number of nitrogens with zero attached hydrogens (tertiary/aromatic N) is 2. The summed E-state index contributed by atoms with van der Waals surface area (Å²) in [6.07, 6.45) is -0.718. The lowest BCUT2D eigenvalue weighted by atomic mass is 10.0. The lowest BCUT2D eigenvalue weighted by molar-refractivity contribution is -0.155. The van der Waals surface area contributed by atoms with Crippen LogP contribution in [0.4, 0.5) is 13.2 Å². The molecule has 2 fully saturated rings. The molecule has 2 heterocycles. The van der Waals surface area contributed by atoms with Crippen LogP contribution in [0.25, 0.3) is 0 Å². The Labute approximate surface area is 130 Å². The van der Waals surface area contributed by atoms with Crippen LogP contribution in [0.3, 0.4) is 0 Å². The molecule has 2 saturated heterocycles. The molecule has 0 aliphatic carbocycles. The van der Waals surface area contributed by atoms with Crippen LogP contribution in [0, 0.1) is 11.8 Å². The van der Waals surface area contributed by atoms with Crippen molar-refractivity contribution < 1.29 is 22.3 Å². The van der Waals surface area contributed by atoms with Crippen LogP contribution in [0.2, 0.25) is 0 Å². The van der Waals surface area contributed by atoms with Crippen molar-refractivity contribution in [3.05, 3.63) is 0 Å². The molecule has 0 aromatic rings. The van der Waals surface area contributed by atoms with Gasteiger partial charge in [0, 0.05) is 26.2 Å². The van der Waals surface area contributed by atoms with Gasteiger partial charge < -0.3 is 0 Å². The highest BCUT2D eigenvalue weighted by Gasteiger charge is 2.44. The largest absolute Gasteiger partial charge is 0.412 e. The van der Waals surface area contributed by atoms with Crippen molar-refractivity contribution >= 4 is 7.67 Å². The van der Waals surface area contributed by atoms with Crippen LogP contribution in [0.15, 0.2) is 0 Å². The van der Waals surface area contributed by atoms with E-state index in [1.807, 2.05) is 13.8 Å². The summed E-state index contributed by atoms with van der Waals surface area (Å²) >= 11 is 0. The van der Waals surface area contributed by atoms with E-state index in [1.54, 1.807) is 9.34 Å². The summed E-state index contributed by atoms with van der Waals surface area (Å²) in [6.45, 7) is 4.81. The van der Waals surface area contributed by atoms with E-state index in [4.69, 9.17) is 4.52 Å². The minimum Gasteiger partial charge on any atom is -0.296 e. The Bertz CT molecular complexity index is 393. The van der Waals surface area contributed by atoms with E-state index >= 15 is 0 Å². The quantitative estimate of drug-likeness (QED) is 0.719. The zero-order valence-electron chi connectivity index (χ0n) is 13.3. The van der Waals surface area contributed by atoms with Gasteiger partial charge in [0.2, 0.25) is 0 Å². The molecule has 2 aliphatic heterocycles. The Hall–Kier alpha value is -0.100. The fraction of sp³-hybridized carbons (Fsp3) is 1.00. The van der Waals surface area contributed by atoms with Gasteiger partial charge in [-0.2, -0.15) is 13.2 Å². The third-order valence-corrected chi connectivity index (χ3v) is 7.00. The predicted molar refractivity (Wildman–Crippen MR) is 79.6 cm³/mol. The Morgan fingerprint density at radius 1 is 1.05 bits per heavy atom. The van der Waals surface area contributed by atoms with Crippen LogP contribution in [0.1, 0.15) is 39.5 Å². The van der Waals surface area contributed by atoms with Gasteiger partial charge in [-0.25, -0.2) is 9.34 Å². The smallest absolute Gasteiger partial charge is 0.296 e. The van der Waals surface area contributed by atoms with Crippen molar-refractivity contribution in [1.29, 1.82) is 0 Å². The number of halogens is 3. The van der Waals surface area contributed by atoms with Gasteiger partial charge in [-0.1, -0.05) is 13.8 Å². The normalized spacial score (nSPS) is 31.9. The maximum absolute atomic E-state index is 13.4. The molecular weight excluding hydrogens is 316 g/mol. The second-order valence-corrected chi connectivity index (χ2v) is 9.07. The van der Waals surface area contributed by atoms with Crippen LogP contribution >= 0.6 is 7.67 Å². The first-order valence-corrected chi connectivity index (χ1v) is 9.56. The zero-order chi connectivity index (χ0) is 16.4. The molecular formula is C14H26F3N2O2P.